The van der Waals surface area contributed by atoms with Crippen molar-refractivity contribution < 1.29 is 4.79 Å². The van der Waals surface area contributed by atoms with Gasteiger partial charge in [0.25, 0.3) is 5.91 Å². The number of nitrogens with two attached hydrogens (primary N) is 2. The molecule has 2 heterocycles. The maximum atomic E-state index is 11.9. The van der Waals surface area contributed by atoms with Gasteiger partial charge in [-0.3, -0.25) is 4.79 Å². The number of nitrogens with zero attached hydrogens (tertiary/aromatic N) is 4. The lowest BCUT2D eigenvalue weighted by molar-refractivity contribution is 0.0945. The van der Waals surface area contributed by atoms with Gasteiger partial charge < -0.3 is 16.8 Å². The molecule has 8 heteroatoms. The minimum absolute atomic E-state index is 0.118. The molecule has 0 saturated carbocycles. The van der Waals surface area contributed by atoms with E-state index in [-0.39, 0.29) is 11.9 Å². The Kier molecular flexibility index (Phi) is 3.48. The van der Waals surface area contributed by atoms with Crippen LogP contribution in [0.1, 0.15) is 16.1 Å². The maximum Gasteiger partial charge on any atom is 0.270 e. The average Bonchev–Trinajstić information content (AvgIpc) is 2.53. The Hall–Kier alpha value is -3.29. The van der Waals surface area contributed by atoms with Crippen LogP contribution < -0.4 is 16.8 Å². The highest BCUT2D eigenvalue weighted by molar-refractivity contribution is 5.92. The quantitative estimate of drug-likeness (QED) is 0.641. The van der Waals surface area contributed by atoms with Gasteiger partial charge >= 0.3 is 0 Å². The Morgan fingerprint density at radius 1 is 1.18 bits per heavy atom. The van der Waals surface area contributed by atoms with Crippen LogP contribution in [0.4, 0.5) is 11.8 Å². The van der Waals surface area contributed by atoms with E-state index >= 15 is 0 Å². The van der Waals surface area contributed by atoms with E-state index in [4.69, 9.17) is 11.5 Å². The zero-order chi connectivity index (χ0) is 15.5. The van der Waals surface area contributed by atoms with Crippen LogP contribution in [0.25, 0.3) is 10.9 Å². The molecule has 0 spiro atoms. The molecule has 0 saturated heterocycles. The molecule has 0 fully saturated rings. The number of nitrogen functional groups attached to an aromatic ring is 2. The molecular formula is C14H13N7O. The fourth-order valence-corrected chi connectivity index (χ4v) is 2.03. The van der Waals surface area contributed by atoms with E-state index in [0.29, 0.717) is 23.6 Å². The van der Waals surface area contributed by atoms with Crippen molar-refractivity contribution in [1.29, 1.82) is 0 Å². The van der Waals surface area contributed by atoms with Gasteiger partial charge in [-0.1, -0.05) is 6.07 Å². The second-order valence-electron chi connectivity index (χ2n) is 4.60. The molecule has 3 aromatic rings. The summed E-state index contributed by atoms with van der Waals surface area (Å²) in [4.78, 5) is 27.6. The Bertz CT molecular complexity index is 835. The van der Waals surface area contributed by atoms with Gasteiger partial charge in [0.15, 0.2) is 0 Å². The fourth-order valence-electron chi connectivity index (χ4n) is 2.03. The van der Waals surface area contributed by atoms with Crippen molar-refractivity contribution in [3.8, 4) is 0 Å². The lowest BCUT2D eigenvalue weighted by atomic mass is 10.1. The first-order valence-corrected chi connectivity index (χ1v) is 6.49. The number of fused-ring (bicyclic) bond motifs is 1. The topological polar surface area (TPSA) is 133 Å². The van der Waals surface area contributed by atoms with Crippen molar-refractivity contribution in [2.75, 3.05) is 11.5 Å². The number of hydrogen-bond acceptors (Lipinski definition) is 7. The average molecular weight is 295 g/mol. The first kappa shape index (κ1) is 13.7. The SMILES string of the molecule is Nc1nc(N)c2ccc(CNC(=O)c3ccncn3)cc2n1. The van der Waals surface area contributed by atoms with Crippen molar-refractivity contribution in [2.24, 2.45) is 0 Å². The molecule has 1 amide bonds. The molecule has 1 aromatic carbocycles. The maximum absolute atomic E-state index is 11.9. The predicted molar refractivity (Wildman–Crippen MR) is 81.6 cm³/mol. The molecule has 0 aliphatic heterocycles. The monoisotopic (exact) mass is 295 g/mol. The highest BCUT2D eigenvalue weighted by Crippen LogP contribution is 2.19. The van der Waals surface area contributed by atoms with Gasteiger partial charge in [-0.2, -0.15) is 4.98 Å². The molecule has 0 radical (unpaired) electrons. The molecule has 5 N–H and O–H groups in total. The standard InChI is InChI=1S/C14H13N7O/c15-12-9-2-1-8(5-11(9)20-14(16)21-12)6-18-13(22)10-3-4-17-7-19-10/h1-5,7H,6H2,(H,18,22)(H4,15,16,20,21). The van der Waals surface area contributed by atoms with Gasteiger partial charge in [-0.25, -0.2) is 15.0 Å². The van der Waals surface area contributed by atoms with Crippen LogP contribution in [0, 0.1) is 0 Å². The molecule has 8 nitrogen and oxygen atoms in total. The van der Waals surface area contributed by atoms with E-state index in [0.717, 1.165) is 10.9 Å². The third kappa shape index (κ3) is 2.75. The lowest BCUT2D eigenvalue weighted by Gasteiger charge is -2.07. The van der Waals surface area contributed by atoms with Crippen LogP contribution in [0.3, 0.4) is 0 Å². The number of carbonyl (C=O) groups is 1. The van der Waals surface area contributed by atoms with Crippen molar-refractivity contribution in [3.63, 3.8) is 0 Å². The summed E-state index contributed by atoms with van der Waals surface area (Å²) >= 11 is 0. The Morgan fingerprint density at radius 3 is 2.82 bits per heavy atom. The van der Waals surface area contributed by atoms with Crippen molar-refractivity contribution >= 4 is 28.6 Å². The van der Waals surface area contributed by atoms with Gasteiger partial charge in [-0.15, -0.1) is 0 Å². The number of aromatic nitrogens is 4. The molecule has 0 bridgehead atoms. The highest BCUT2D eigenvalue weighted by atomic mass is 16.1. The van der Waals surface area contributed by atoms with Gasteiger partial charge in [0, 0.05) is 18.1 Å². The number of anilines is 2. The summed E-state index contributed by atoms with van der Waals surface area (Å²) in [5.74, 6) is 0.176. The Balaban J connectivity index is 1.78. The summed E-state index contributed by atoms with van der Waals surface area (Å²) in [7, 11) is 0. The van der Waals surface area contributed by atoms with Crippen LogP contribution in [-0.2, 0) is 6.54 Å². The summed E-state index contributed by atoms with van der Waals surface area (Å²) in [6.45, 7) is 0.336. The minimum Gasteiger partial charge on any atom is -0.383 e. The van der Waals surface area contributed by atoms with Crippen LogP contribution in [-0.4, -0.2) is 25.8 Å². The molecule has 0 aliphatic carbocycles. The second-order valence-corrected chi connectivity index (χ2v) is 4.60. The van der Waals surface area contributed by atoms with E-state index in [9.17, 15) is 4.79 Å². The number of carbonyl (C=O) groups excluding carboxylic acids is 1. The Labute approximate surface area is 125 Å². The summed E-state index contributed by atoms with van der Waals surface area (Å²) in [6, 6.07) is 7.00. The number of benzene rings is 1. The molecule has 0 atom stereocenters. The predicted octanol–water partition coefficient (Wildman–Crippen LogP) is 0.514. The number of rotatable bonds is 3. The minimum atomic E-state index is -0.274. The number of amides is 1. The normalized spacial score (nSPS) is 10.5. The molecular weight excluding hydrogens is 282 g/mol. The molecule has 0 aliphatic rings. The van der Waals surface area contributed by atoms with E-state index < -0.39 is 0 Å². The fraction of sp³-hybridized carbons (Fsp3) is 0.0714. The van der Waals surface area contributed by atoms with Crippen molar-refractivity contribution in [3.05, 3.63) is 48.0 Å². The lowest BCUT2D eigenvalue weighted by Crippen LogP contribution is -2.23. The molecule has 3 rings (SSSR count). The molecule has 2 aromatic heterocycles. The van der Waals surface area contributed by atoms with Crippen LogP contribution in [0.15, 0.2) is 36.8 Å². The largest absolute Gasteiger partial charge is 0.383 e. The van der Waals surface area contributed by atoms with Crippen LogP contribution in [0.2, 0.25) is 0 Å². The van der Waals surface area contributed by atoms with E-state index in [2.05, 4.69) is 25.3 Å². The zero-order valence-corrected chi connectivity index (χ0v) is 11.5. The molecule has 110 valence electrons. The summed E-state index contributed by atoms with van der Waals surface area (Å²) in [5.41, 5.74) is 13.2. The van der Waals surface area contributed by atoms with Crippen LogP contribution in [0.5, 0.6) is 0 Å². The number of hydrogen-bond donors (Lipinski definition) is 3. The van der Waals surface area contributed by atoms with E-state index in [1.54, 1.807) is 12.1 Å². The second kappa shape index (κ2) is 5.60. The van der Waals surface area contributed by atoms with E-state index in [1.165, 1.54) is 12.5 Å². The summed E-state index contributed by atoms with van der Waals surface area (Å²) < 4.78 is 0. The smallest absolute Gasteiger partial charge is 0.270 e. The summed E-state index contributed by atoms with van der Waals surface area (Å²) in [6.07, 6.45) is 2.84. The van der Waals surface area contributed by atoms with Crippen molar-refractivity contribution in [2.45, 2.75) is 6.54 Å². The van der Waals surface area contributed by atoms with E-state index in [1.807, 2.05) is 12.1 Å². The highest BCUT2D eigenvalue weighted by Gasteiger charge is 2.08. The van der Waals surface area contributed by atoms with Gasteiger partial charge in [-0.05, 0) is 23.8 Å². The summed E-state index contributed by atoms with van der Waals surface area (Å²) in [5, 5.41) is 3.50. The molecule has 0 unspecified atom stereocenters. The first-order valence-electron chi connectivity index (χ1n) is 6.49. The van der Waals surface area contributed by atoms with Crippen molar-refractivity contribution in [1.82, 2.24) is 25.3 Å². The van der Waals surface area contributed by atoms with Crippen LogP contribution >= 0.6 is 0 Å². The molecule has 22 heavy (non-hydrogen) atoms. The third-order valence-corrected chi connectivity index (χ3v) is 3.08. The van der Waals surface area contributed by atoms with Gasteiger partial charge in [0.2, 0.25) is 5.95 Å². The first-order chi connectivity index (χ1) is 10.6. The third-order valence-electron chi connectivity index (χ3n) is 3.08. The number of nitrogens with one attached hydrogen (secondary N) is 1. The van der Waals surface area contributed by atoms with Gasteiger partial charge in [0.1, 0.15) is 17.8 Å². The zero-order valence-electron chi connectivity index (χ0n) is 11.5. The Morgan fingerprint density at radius 2 is 2.05 bits per heavy atom. The van der Waals surface area contributed by atoms with Gasteiger partial charge in [0.05, 0.1) is 5.52 Å².